The van der Waals surface area contributed by atoms with Crippen molar-refractivity contribution in [1.29, 1.82) is 0 Å². The zero-order chi connectivity index (χ0) is 23.1. The molecule has 0 radical (unpaired) electrons. The van der Waals surface area contributed by atoms with Gasteiger partial charge in [-0.25, -0.2) is 9.64 Å². The van der Waals surface area contributed by atoms with Crippen molar-refractivity contribution in [2.24, 2.45) is 0 Å². The van der Waals surface area contributed by atoms with E-state index in [4.69, 9.17) is 11.3 Å². The van der Waals surface area contributed by atoms with E-state index in [0.29, 0.717) is 30.9 Å². The van der Waals surface area contributed by atoms with Crippen molar-refractivity contribution in [3.05, 3.63) is 82.2 Å². The summed E-state index contributed by atoms with van der Waals surface area (Å²) >= 11 is 0. The van der Waals surface area contributed by atoms with Gasteiger partial charge >= 0.3 is 5.97 Å². The number of rotatable bonds is 4. The summed E-state index contributed by atoms with van der Waals surface area (Å²) in [4.78, 5) is 31.9. The molecule has 1 N–H and O–H groups in total. The molecule has 2 aliphatic heterocycles. The fraction of sp³-hybridized carbons (Fsp3) is 0.269. The normalized spacial score (nSPS) is 17.1. The second-order valence-electron chi connectivity index (χ2n) is 8.51. The fourth-order valence-corrected chi connectivity index (χ4v) is 4.68. The van der Waals surface area contributed by atoms with Crippen LogP contribution in [0.25, 0.3) is 15.6 Å². The number of ether oxygens (including phenoxy) is 1. The monoisotopic (exact) mass is 441 g/mol. The molecule has 0 spiro atoms. The number of aliphatic hydroxyl groups excluding tert-OH is 1. The number of anilines is 1. The van der Waals surface area contributed by atoms with Crippen molar-refractivity contribution in [2.75, 3.05) is 31.1 Å². The highest BCUT2D eigenvalue weighted by molar-refractivity contribution is 5.98. The number of nitrogens with zero attached hydrogens (tertiary/aromatic N) is 3. The Labute approximate surface area is 191 Å². The average molecular weight is 441 g/mol. The highest BCUT2D eigenvalue weighted by atomic mass is 16.5. The minimum Gasteiger partial charge on any atom is -0.457 e. The number of hydrogen-bond acceptors (Lipinski definition) is 5. The standard InChI is InChI=1S/C26H23N3O4/c1-16-21(7-8-22-23(16)15-33-26(22)32)24(30)13-28-9-10-29(25(31)14-28)20-6-4-17-11-19(27-2)5-3-18(17)12-20/h3-8,11-12,24,30H,9-10,13-15H2,1H3/t24-/m0/s1. The van der Waals surface area contributed by atoms with E-state index in [1.54, 1.807) is 23.1 Å². The maximum absolute atomic E-state index is 12.9. The summed E-state index contributed by atoms with van der Waals surface area (Å²) in [5.74, 6) is -0.341. The molecule has 1 amide bonds. The van der Waals surface area contributed by atoms with E-state index >= 15 is 0 Å². The van der Waals surface area contributed by atoms with Gasteiger partial charge in [-0.05, 0) is 53.1 Å². The lowest BCUT2D eigenvalue weighted by Gasteiger charge is -2.35. The molecule has 7 nitrogen and oxygen atoms in total. The molecule has 0 aliphatic carbocycles. The number of carbonyl (C=O) groups is 2. The first-order chi connectivity index (χ1) is 15.9. The molecule has 5 rings (SSSR count). The molecule has 0 saturated carbocycles. The molecule has 1 atom stereocenters. The number of hydrogen-bond donors (Lipinski definition) is 1. The quantitative estimate of drug-likeness (QED) is 0.493. The van der Waals surface area contributed by atoms with E-state index in [1.165, 1.54) is 0 Å². The molecular formula is C26H23N3O4. The van der Waals surface area contributed by atoms with Crippen molar-refractivity contribution in [3.8, 4) is 0 Å². The minimum atomic E-state index is -0.761. The van der Waals surface area contributed by atoms with Gasteiger partial charge in [0.15, 0.2) is 5.69 Å². The van der Waals surface area contributed by atoms with Crippen LogP contribution < -0.4 is 4.90 Å². The summed E-state index contributed by atoms with van der Waals surface area (Å²) in [7, 11) is 0. The van der Waals surface area contributed by atoms with E-state index in [1.807, 2.05) is 42.2 Å². The number of benzene rings is 3. The first-order valence-electron chi connectivity index (χ1n) is 10.9. The number of β-amino-alcohol motifs (C(OH)–C–C–N with tert-alkyl or cyclic N) is 1. The molecule has 2 heterocycles. The van der Waals surface area contributed by atoms with Crippen LogP contribution in [0.5, 0.6) is 0 Å². The maximum Gasteiger partial charge on any atom is 0.338 e. The summed E-state index contributed by atoms with van der Waals surface area (Å²) in [5.41, 5.74) is 4.45. The molecule has 1 fully saturated rings. The molecule has 1 saturated heterocycles. The molecule has 33 heavy (non-hydrogen) atoms. The van der Waals surface area contributed by atoms with Crippen molar-refractivity contribution in [1.82, 2.24) is 4.90 Å². The van der Waals surface area contributed by atoms with Crippen LogP contribution in [0, 0.1) is 13.5 Å². The van der Waals surface area contributed by atoms with Gasteiger partial charge in [0.05, 0.1) is 24.8 Å². The van der Waals surface area contributed by atoms with Crippen LogP contribution in [-0.4, -0.2) is 48.1 Å². The second-order valence-corrected chi connectivity index (χ2v) is 8.51. The lowest BCUT2D eigenvalue weighted by molar-refractivity contribution is -0.121. The summed E-state index contributed by atoms with van der Waals surface area (Å²) in [6.07, 6.45) is -0.761. The van der Waals surface area contributed by atoms with E-state index in [2.05, 4.69) is 4.85 Å². The van der Waals surface area contributed by atoms with Gasteiger partial charge in [0.1, 0.15) is 6.61 Å². The Kier molecular flexibility index (Phi) is 5.33. The third kappa shape index (κ3) is 3.84. The Morgan fingerprint density at radius 3 is 2.67 bits per heavy atom. The minimum absolute atomic E-state index is 0.0183. The molecule has 166 valence electrons. The van der Waals surface area contributed by atoms with Gasteiger partial charge in [-0.3, -0.25) is 9.69 Å². The van der Waals surface area contributed by atoms with Crippen molar-refractivity contribution in [3.63, 3.8) is 0 Å². The van der Waals surface area contributed by atoms with Gasteiger partial charge in [0.2, 0.25) is 5.91 Å². The molecule has 2 aliphatic rings. The lowest BCUT2D eigenvalue weighted by Crippen LogP contribution is -2.51. The number of amides is 1. The Bertz CT molecular complexity index is 1330. The average Bonchev–Trinajstić information content (AvgIpc) is 3.20. The molecule has 0 aromatic heterocycles. The van der Waals surface area contributed by atoms with Crippen LogP contribution in [-0.2, 0) is 16.1 Å². The van der Waals surface area contributed by atoms with Crippen LogP contribution in [0.3, 0.4) is 0 Å². The van der Waals surface area contributed by atoms with Gasteiger partial charge in [-0.1, -0.05) is 24.3 Å². The maximum atomic E-state index is 12.9. The molecule has 3 aromatic rings. The number of cyclic esters (lactones) is 1. The first kappa shape index (κ1) is 21.1. The zero-order valence-electron chi connectivity index (χ0n) is 18.2. The summed E-state index contributed by atoms with van der Waals surface area (Å²) < 4.78 is 5.10. The first-order valence-corrected chi connectivity index (χ1v) is 10.9. The lowest BCUT2D eigenvalue weighted by atomic mass is 9.95. The van der Waals surface area contributed by atoms with Gasteiger partial charge in [0.25, 0.3) is 0 Å². The zero-order valence-corrected chi connectivity index (χ0v) is 18.2. The highest BCUT2D eigenvalue weighted by Crippen LogP contribution is 2.30. The van der Waals surface area contributed by atoms with Gasteiger partial charge in [-0.15, -0.1) is 0 Å². The second kappa shape index (κ2) is 8.32. The SMILES string of the molecule is [C-]#[N+]c1ccc2cc(N3CCN(C[C@H](O)c4ccc5c(c4C)COC5=O)CC3=O)ccc2c1. The largest absolute Gasteiger partial charge is 0.457 e. The molecular weight excluding hydrogens is 418 g/mol. The number of esters is 1. The smallest absolute Gasteiger partial charge is 0.338 e. The van der Waals surface area contributed by atoms with Crippen molar-refractivity contribution >= 4 is 34.0 Å². The molecule has 3 aromatic carbocycles. The number of carbonyl (C=O) groups excluding carboxylic acids is 2. The predicted molar refractivity (Wildman–Crippen MR) is 124 cm³/mol. The van der Waals surface area contributed by atoms with Crippen LogP contribution in [0.4, 0.5) is 11.4 Å². The number of aliphatic hydroxyl groups is 1. The Morgan fingerprint density at radius 1 is 1.09 bits per heavy atom. The van der Waals surface area contributed by atoms with Gasteiger partial charge in [0, 0.05) is 30.9 Å². The van der Waals surface area contributed by atoms with Crippen LogP contribution in [0.2, 0.25) is 0 Å². The van der Waals surface area contributed by atoms with E-state index < -0.39 is 6.10 Å². The highest BCUT2D eigenvalue weighted by Gasteiger charge is 2.29. The molecule has 0 unspecified atom stereocenters. The van der Waals surface area contributed by atoms with Crippen LogP contribution in [0.15, 0.2) is 48.5 Å². The summed E-state index contributed by atoms with van der Waals surface area (Å²) in [6, 6.07) is 14.8. The van der Waals surface area contributed by atoms with E-state index in [9.17, 15) is 14.7 Å². The number of piperazine rings is 1. The van der Waals surface area contributed by atoms with Crippen molar-refractivity contribution in [2.45, 2.75) is 19.6 Å². The summed E-state index contributed by atoms with van der Waals surface area (Å²) in [6.45, 7) is 11.0. The Morgan fingerprint density at radius 2 is 1.88 bits per heavy atom. The van der Waals surface area contributed by atoms with Gasteiger partial charge in [-0.2, -0.15) is 0 Å². The van der Waals surface area contributed by atoms with Gasteiger partial charge < -0.3 is 14.7 Å². The molecule has 0 bridgehead atoms. The van der Waals surface area contributed by atoms with Crippen molar-refractivity contribution < 1.29 is 19.4 Å². The topological polar surface area (TPSA) is 74.4 Å². The third-order valence-electron chi connectivity index (χ3n) is 6.55. The summed E-state index contributed by atoms with van der Waals surface area (Å²) in [5, 5.41) is 12.8. The predicted octanol–water partition coefficient (Wildman–Crippen LogP) is 3.75. The fourth-order valence-electron chi connectivity index (χ4n) is 4.68. The van der Waals surface area contributed by atoms with Crippen LogP contribution in [0.1, 0.15) is 33.2 Å². The third-order valence-corrected chi connectivity index (χ3v) is 6.55. The Balaban J connectivity index is 1.27. The van der Waals surface area contributed by atoms with E-state index in [-0.39, 0.29) is 25.0 Å². The van der Waals surface area contributed by atoms with Crippen LogP contribution >= 0.6 is 0 Å². The molecule has 7 heteroatoms. The Hall–Kier alpha value is -3.73. The van der Waals surface area contributed by atoms with E-state index in [0.717, 1.165) is 33.2 Å². The number of fused-ring (bicyclic) bond motifs is 2.